The number of hydrogen-bond acceptors (Lipinski definition) is 2. The Hall–Kier alpha value is -0.800. The van der Waals surface area contributed by atoms with E-state index >= 15 is 0 Å². The zero-order valence-corrected chi connectivity index (χ0v) is 7.31. The summed E-state index contributed by atoms with van der Waals surface area (Å²) in [5.74, 6) is -0.262. The number of rotatable bonds is 2. The normalized spacial score (nSPS) is 12.7. The number of hydrogen-bond donors (Lipinski definition) is 1. The Morgan fingerprint density at radius 1 is 1.58 bits per heavy atom. The monoisotopic (exact) mass is 189 g/mol. The van der Waals surface area contributed by atoms with Crippen LogP contribution in [0.15, 0.2) is 18.2 Å². The Morgan fingerprint density at radius 2 is 2.25 bits per heavy atom. The van der Waals surface area contributed by atoms with Crippen LogP contribution >= 0.6 is 11.6 Å². The molecule has 0 amide bonds. The zero-order chi connectivity index (χ0) is 9.14. The molecule has 0 aromatic heterocycles. The fourth-order valence-corrected chi connectivity index (χ4v) is 0.990. The molecule has 0 heterocycles. The first kappa shape index (κ1) is 9.29. The van der Waals surface area contributed by atoms with Gasteiger partial charge < -0.3 is 10.5 Å². The van der Waals surface area contributed by atoms with E-state index < -0.39 is 11.3 Å². The van der Waals surface area contributed by atoms with Crippen LogP contribution in [0.4, 0.5) is 4.39 Å². The maximum Gasteiger partial charge on any atom is 0.165 e. The highest BCUT2D eigenvalue weighted by Crippen LogP contribution is 2.22. The van der Waals surface area contributed by atoms with Crippen molar-refractivity contribution in [1.82, 2.24) is 0 Å². The van der Waals surface area contributed by atoms with Crippen molar-refractivity contribution in [3.8, 4) is 5.75 Å². The molecule has 66 valence electrons. The Labute approximate surface area is 75.1 Å². The van der Waals surface area contributed by atoms with Gasteiger partial charge in [0.2, 0.25) is 0 Å². The van der Waals surface area contributed by atoms with Crippen LogP contribution in [0.2, 0.25) is 0 Å². The fourth-order valence-electron chi connectivity index (χ4n) is 0.854. The summed E-state index contributed by atoms with van der Waals surface area (Å²) in [5, 5.41) is 0. The second-order valence-electron chi connectivity index (χ2n) is 2.30. The van der Waals surface area contributed by atoms with Crippen molar-refractivity contribution in [2.45, 2.75) is 5.50 Å². The van der Waals surface area contributed by atoms with Crippen molar-refractivity contribution in [3.05, 3.63) is 29.6 Å². The van der Waals surface area contributed by atoms with Gasteiger partial charge in [0, 0.05) is 0 Å². The van der Waals surface area contributed by atoms with Gasteiger partial charge in [0.15, 0.2) is 11.6 Å². The van der Waals surface area contributed by atoms with Gasteiger partial charge in [0.1, 0.15) is 5.50 Å². The quantitative estimate of drug-likeness (QED) is 0.571. The van der Waals surface area contributed by atoms with E-state index in [1.54, 1.807) is 6.07 Å². The zero-order valence-electron chi connectivity index (χ0n) is 6.55. The van der Waals surface area contributed by atoms with Gasteiger partial charge in [-0.15, -0.1) is 11.6 Å². The number of benzene rings is 1. The SMILES string of the molecule is COc1ccc(C(N)Cl)cc1F. The lowest BCUT2D eigenvalue weighted by atomic mass is 10.2. The molecule has 1 atom stereocenters. The fraction of sp³-hybridized carbons (Fsp3) is 0.250. The maximum atomic E-state index is 13.0. The average Bonchev–Trinajstić information content (AvgIpc) is 2.04. The first-order valence-corrected chi connectivity index (χ1v) is 3.82. The lowest BCUT2D eigenvalue weighted by Crippen LogP contribution is -2.02. The summed E-state index contributed by atoms with van der Waals surface area (Å²) in [7, 11) is 1.40. The first-order chi connectivity index (χ1) is 5.65. The van der Waals surface area contributed by atoms with Crippen molar-refractivity contribution >= 4 is 11.6 Å². The van der Waals surface area contributed by atoms with Crippen LogP contribution in [-0.4, -0.2) is 7.11 Å². The molecule has 0 aliphatic rings. The van der Waals surface area contributed by atoms with Crippen molar-refractivity contribution in [3.63, 3.8) is 0 Å². The van der Waals surface area contributed by atoms with Crippen LogP contribution in [-0.2, 0) is 0 Å². The van der Waals surface area contributed by atoms with Gasteiger partial charge in [-0.25, -0.2) is 4.39 Å². The molecule has 2 N–H and O–H groups in total. The Balaban J connectivity index is 3.02. The third-order valence-electron chi connectivity index (χ3n) is 1.49. The Morgan fingerprint density at radius 3 is 2.67 bits per heavy atom. The highest BCUT2D eigenvalue weighted by Gasteiger charge is 2.06. The summed E-state index contributed by atoms with van der Waals surface area (Å²) >= 11 is 5.54. The molecule has 1 rings (SSSR count). The lowest BCUT2D eigenvalue weighted by Gasteiger charge is -2.05. The molecular weight excluding hydrogens is 181 g/mol. The Kier molecular flexibility index (Phi) is 2.89. The van der Waals surface area contributed by atoms with Crippen LogP contribution in [0, 0.1) is 5.82 Å². The van der Waals surface area contributed by atoms with E-state index in [9.17, 15) is 4.39 Å². The minimum absolute atomic E-state index is 0.191. The number of nitrogens with two attached hydrogens (primary N) is 1. The highest BCUT2D eigenvalue weighted by atomic mass is 35.5. The molecule has 0 aliphatic heterocycles. The topological polar surface area (TPSA) is 35.2 Å². The van der Waals surface area contributed by atoms with Gasteiger partial charge in [0.05, 0.1) is 7.11 Å². The van der Waals surface area contributed by atoms with Crippen LogP contribution in [0.1, 0.15) is 11.1 Å². The third kappa shape index (κ3) is 1.87. The molecule has 0 bridgehead atoms. The molecule has 12 heavy (non-hydrogen) atoms. The predicted octanol–water partition coefficient (Wildman–Crippen LogP) is 2.03. The van der Waals surface area contributed by atoms with E-state index in [1.165, 1.54) is 19.2 Å². The molecule has 1 aromatic carbocycles. The van der Waals surface area contributed by atoms with Crippen molar-refractivity contribution < 1.29 is 9.13 Å². The molecule has 0 aliphatic carbocycles. The van der Waals surface area contributed by atoms with E-state index in [4.69, 9.17) is 22.1 Å². The molecule has 0 saturated carbocycles. The largest absolute Gasteiger partial charge is 0.494 e. The summed E-state index contributed by atoms with van der Waals surface area (Å²) < 4.78 is 17.7. The summed E-state index contributed by atoms with van der Waals surface area (Å²) in [6, 6.07) is 4.38. The molecule has 0 radical (unpaired) electrons. The molecule has 1 unspecified atom stereocenters. The lowest BCUT2D eigenvalue weighted by molar-refractivity contribution is 0.386. The van der Waals surface area contributed by atoms with Crippen LogP contribution in [0.25, 0.3) is 0 Å². The van der Waals surface area contributed by atoms with Gasteiger partial charge >= 0.3 is 0 Å². The molecule has 0 fully saturated rings. The first-order valence-electron chi connectivity index (χ1n) is 3.38. The highest BCUT2D eigenvalue weighted by molar-refractivity contribution is 6.20. The molecule has 0 saturated heterocycles. The molecule has 1 aromatic rings. The number of halogens is 2. The smallest absolute Gasteiger partial charge is 0.165 e. The van der Waals surface area contributed by atoms with Gasteiger partial charge in [0.25, 0.3) is 0 Å². The van der Waals surface area contributed by atoms with Crippen LogP contribution in [0.5, 0.6) is 5.75 Å². The standard InChI is InChI=1S/C8H9ClFNO/c1-12-7-3-2-5(8(9)11)4-6(7)10/h2-4,8H,11H2,1H3. The predicted molar refractivity (Wildman–Crippen MR) is 45.7 cm³/mol. The molecule has 0 spiro atoms. The van der Waals surface area contributed by atoms with E-state index in [1.807, 2.05) is 0 Å². The van der Waals surface area contributed by atoms with Crippen LogP contribution in [0.3, 0.4) is 0 Å². The second kappa shape index (κ2) is 3.74. The summed E-state index contributed by atoms with van der Waals surface area (Å²) in [6.45, 7) is 0. The van der Waals surface area contributed by atoms with E-state index in [2.05, 4.69) is 0 Å². The van der Waals surface area contributed by atoms with Crippen molar-refractivity contribution in [2.75, 3.05) is 7.11 Å². The summed E-state index contributed by atoms with van der Waals surface area (Å²) in [4.78, 5) is 0. The third-order valence-corrected chi connectivity index (χ3v) is 1.75. The van der Waals surface area contributed by atoms with E-state index in [0.29, 0.717) is 5.56 Å². The average molecular weight is 190 g/mol. The summed E-state index contributed by atoms with van der Waals surface area (Å²) in [6.07, 6.45) is 0. The van der Waals surface area contributed by atoms with E-state index in [-0.39, 0.29) is 5.75 Å². The number of alkyl halides is 1. The van der Waals surface area contributed by atoms with Crippen molar-refractivity contribution in [1.29, 1.82) is 0 Å². The van der Waals surface area contributed by atoms with E-state index in [0.717, 1.165) is 0 Å². The Bertz CT molecular complexity index is 278. The number of ether oxygens (including phenoxy) is 1. The maximum absolute atomic E-state index is 13.0. The second-order valence-corrected chi connectivity index (χ2v) is 2.77. The minimum atomic E-state index is -0.676. The van der Waals surface area contributed by atoms with Gasteiger partial charge in [-0.2, -0.15) is 0 Å². The van der Waals surface area contributed by atoms with Crippen molar-refractivity contribution in [2.24, 2.45) is 5.73 Å². The van der Waals surface area contributed by atoms with Gasteiger partial charge in [-0.05, 0) is 17.7 Å². The minimum Gasteiger partial charge on any atom is -0.494 e. The summed E-state index contributed by atoms with van der Waals surface area (Å²) in [5.41, 5.74) is 5.19. The molecule has 4 heteroatoms. The van der Waals surface area contributed by atoms with Crippen LogP contribution < -0.4 is 10.5 Å². The molecular formula is C8H9ClFNO. The number of methoxy groups -OCH3 is 1. The van der Waals surface area contributed by atoms with Gasteiger partial charge in [-0.1, -0.05) is 6.07 Å². The molecule has 2 nitrogen and oxygen atoms in total. The van der Waals surface area contributed by atoms with Gasteiger partial charge in [-0.3, -0.25) is 0 Å².